The second-order valence-electron chi connectivity index (χ2n) is 6.91. The molecule has 0 bridgehead atoms. The van der Waals surface area contributed by atoms with E-state index in [9.17, 15) is 9.59 Å². The summed E-state index contributed by atoms with van der Waals surface area (Å²) in [5.41, 5.74) is 0.466. The number of ether oxygens (including phenoxy) is 1. The molecule has 0 heterocycles. The van der Waals surface area contributed by atoms with Gasteiger partial charge in [-0.15, -0.1) is 0 Å². The van der Waals surface area contributed by atoms with Crippen molar-refractivity contribution in [2.24, 2.45) is 0 Å². The summed E-state index contributed by atoms with van der Waals surface area (Å²) in [4.78, 5) is 26.2. The normalized spacial score (nSPS) is 12.7. The number of hydrogen-bond acceptors (Lipinski definition) is 3. The standard InChI is InChI=1S/C18H28N2O3/c1-13(2)20(12-15-10-8-7-9-11-15)16(21)14(3)19-17(22)23-18(4,5)6/h7-11,13-14H,12H2,1-6H3,(H,19,22). The lowest BCUT2D eigenvalue weighted by Crippen LogP contribution is -2.49. The van der Waals surface area contributed by atoms with Crippen molar-refractivity contribution >= 4 is 12.0 Å². The van der Waals surface area contributed by atoms with Gasteiger partial charge < -0.3 is 15.0 Å². The van der Waals surface area contributed by atoms with Crippen LogP contribution < -0.4 is 5.32 Å². The molecule has 1 atom stereocenters. The van der Waals surface area contributed by atoms with Crippen molar-refractivity contribution in [1.29, 1.82) is 0 Å². The summed E-state index contributed by atoms with van der Waals surface area (Å²) in [6.07, 6.45) is -0.582. The lowest BCUT2D eigenvalue weighted by molar-refractivity contribution is -0.135. The first kappa shape index (κ1) is 19.0. The SMILES string of the molecule is CC(NC(=O)OC(C)(C)C)C(=O)N(Cc1ccccc1)C(C)C. The van der Waals surface area contributed by atoms with Gasteiger partial charge in [0.05, 0.1) is 0 Å². The van der Waals surface area contributed by atoms with Crippen LogP contribution in [-0.2, 0) is 16.1 Å². The van der Waals surface area contributed by atoms with Crippen molar-refractivity contribution in [2.45, 2.75) is 65.8 Å². The zero-order chi connectivity index (χ0) is 17.6. The molecule has 0 radical (unpaired) electrons. The fourth-order valence-corrected chi connectivity index (χ4v) is 2.09. The quantitative estimate of drug-likeness (QED) is 0.905. The Labute approximate surface area is 139 Å². The van der Waals surface area contributed by atoms with E-state index < -0.39 is 17.7 Å². The Kier molecular flexibility index (Phi) is 6.61. The van der Waals surface area contributed by atoms with E-state index in [0.717, 1.165) is 5.56 Å². The van der Waals surface area contributed by atoms with Gasteiger partial charge in [-0.2, -0.15) is 0 Å². The summed E-state index contributed by atoms with van der Waals surface area (Å²) in [7, 11) is 0. The Morgan fingerprint density at radius 1 is 1.13 bits per heavy atom. The number of alkyl carbamates (subject to hydrolysis) is 1. The molecule has 0 aliphatic rings. The predicted molar refractivity (Wildman–Crippen MR) is 91.0 cm³/mol. The van der Waals surface area contributed by atoms with Crippen LogP contribution in [0.4, 0.5) is 4.79 Å². The zero-order valence-electron chi connectivity index (χ0n) is 14.9. The van der Waals surface area contributed by atoms with E-state index in [1.807, 2.05) is 44.2 Å². The molecule has 0 saturated carbocycles. The average Bonchev–Trinajstić information content (AvgIpc) is 2.42. The van der Waals surface area contributed by atoms with Gasteiger partial charge in [-0.1, -0.05) is 30.3 Å². The second-order valence-corrected chi connectivity index (χ2v) is 6.91. The van der Waals surface area contributed by atoms with Crippen molar-refractivity contribution in [2.75, 3.05) is 0 Å². The minimum Gasteiger partial charge on any atom is -0.444 e. The fourth-order valence-electron chi connectivity index (χ4n) is 2.09. The number of carbonyl (C=O) groups is 2. The summed E-state index contributed by atoms with van der Waals surface area (Å²) in [5, 5.41) is 2.60. The maximum Gasteiger partial charge on any atom is 0.408 e. The van der Waals surface area contributed by atoms with Crippen LogP contribution in [-0.4, -0.2) is 34.6 Å². The molecule has 0 fully saturated rings. The maximum absolute atomic E-state index is 12.6. The zero-order valence-corrected chi connectivity index (χ0v) is 14.9. The van der Waals surface area contributed by atoms with Gasteiger partial charge >= 0.3 is 6.09 Å². The molecule has 0 aliphatic heterocycles. The third kappa shape index (κ3) is 6.72. The van der Waals surface area contributed by atoms with Crippen LogP contribution in [0.3, 0.4) is 0 Å². The Morgan fingerprint density at radius 3 is 2.17 bits per heavy atom. The predicted octanol–water partition coefficient (Wildman–Crippen LogP) is 3.34. The molecule has 23 heavy (non-hydrogen) atoms. The highest BCUT2D eigenvalue weighted by Crippen LogP contribution is 2.11. The molecule has 1 aromatic rings. The average molecular weight is 320 g/mol. The van der Waals surface area contributed by atoms with Gasteiger partial charge in [0.1, 0.15) is 11.6 Å². The molecule has 1 N–H and O–H groups in total. The van der Waals surface area contributed by atoms with Crippen LogP contribution >= 0.6 is 0 Å². The van der Waals surface area contributed by atoms with E-state index in [2.05, 4.69) is 5.32 Å². The number of amides is 2. The third-order valence-electron chi connectivity index (χ3n) is 3.21. The van der Waals surface area contributed by atoms with Gasteiger partial charge in [0.15, 0.2) is 0 Å². The molecule has 0 saturated heterocycles. The van der Waals surface area contributed by atoms with E-state index in [-0.39, 0.29) is 11.9 Å². The fraction of sp³-hybridized carbons (Fsp3) is 0.556. The first-order valence-electron chi connectivity index (χ1n) is 7.94. The largest absolute Gasteiger partial charge is 0.444 e. The Bertz CT molecular complexity index is 521. The van der Waals surface area contributed by atoms with E-state index in [4.69, 9.17) is 4.74 Å². The van der Waals surface area contributed by atoms with Crippen molar-refractivity contribution < 1.29 is 14.3 Å². The number of nitrogens with one attached hydrogen (secondary N) is 1. The molecule has 1 unspecified atom stereocenters. The lowest BCUT2D eigenvalue weighted by Gasteiger charge is -2.30. The second kappa shape index (κ2) is 7.99. The number of benzene rings is 1. The molecule has 1 rings (SSSR count). The van der Waals surface area contributed by atoms with Crippen LogP contribution in [0.25, 0.3) is 0 Å². The summed E-state index contributed by atoms with van der Waals surface area (Å²) in [6.45, 7) is 11.5. The van der Waals surface area contributed by atoms with Gasteiger partial charge in [0, 0.05) is 12.6 Å². The van der Waals surface area contributed by atoms with Gasteiger partial charge in [-0.3, -0.25) is 4.79 Å². The van der Waals surface area contributed by atoms with Gasteiger partial charge in [0.2, 0.25) is 5.91 Å². The third-order valence-corrected chi connectivity index (χ3v) is 3.21. The highest BCUT2D eigenvalue weighted by Gasteiger charge is 2.26. The van der Waals surface area contributed by atoms with Gasteiger partial charge in [-0.25, -0.2) is 4.79 Å². The minimum absolute atomic E-state index is 0.0330. The first-order valence-corrected chi connectivity index (χ1v) is 7.94. The van der Waals surface area contributed by atoms with Crippen molar-refractivity contribution in [3.05, 3.63) is 35.9 Å². The topological polar surface area (TPSA) is 58.6 Å². The summed E-state index contributed by atoms with van der Waals surface area (Å²) in [5.74, 6) is -0.130. The molecule has 128 valence electrons. The van der Waals surface area contributed by atoms with E-state index in [0.29, 0.717) is 6.54 Å². The number of hydrogen-bond donors (Lipinski definition) is 1. The molecular weight excluding hydrogens is 292 g/mol. The van der Waals surface area contributed by atoms with Gasteiger partial charge in [0.25, 0.3) is 0 Å². The van der Waals surface area contributed by atoms with E-state index in [1.165, 1.54) is 0 Å². The Balaban J connectivity index is 2.71. The highest BCUT2D eigenvalue weighted by molar-refractivity contribution is 5.85. The van der Waals surface area contributed by atoms with E-state index >= 15 is 0 Å². The van der Waals surface area contributed by atoms with Crippen molar-refractivity contribution in [1.82, 2.24) is 10.2 Å². The molecule has 5 nitrogen and oxygen atoms in total. The van der Waals surface area contributed by atoms with Crippen LogP contribution in [0.5, 0.6) is 0 Å². The van der Waals surface area contributed by atoms with Crippen LogP contribution in [0.15, 0.2) is 30.3 Å². The molecule has 1 aromatic carbocycles. The molecule has 2 amide bonds. The summed E-state index contributed by atoms with van der Waals surface area (Å²) in [6, 6.07) is 9.18. The molecule has 0 spiro atoms. The number of nitrogens with zero attached hydrogens (tertiary/aromatic N) is 1. The van der Waals surface area contributed by atoms with Crippen molar-refractivity contribution in [3.8, 4) is 0 Å². The Morgan fingerprint density at radius 2 is 1.70 bits per heavy atom. The smallest absolute Gasteiger partial charge is 0.408 e. The molecule has 0 aromatic heterocycles. The van der Waals surface area contributed by atoms with Crippen LogP contribution in [0.1, 0.15) is 47.1 Å². The Hall–Kier alpha value is -2.04. The number of rotatable bonds is 5. The van der Waals surface area contributed by atoms with Gasteiger partial charge in [-0.05, 0) is 47.1 Å². The maximum atomic E-state index is 12.6. The van der Waals surface area contributed by atoms with Crippen LogP contribution in [0.2, 0.25) is 0 Å². The minimum atomic E-state index is -0.643. The number of carbonyl (C=O) groups excluding carboxylic acids is 2. The monoisotopic (exact) mass is 320 g/mol. The van der Waals surface area contributed by atoms with Crippen LogP contribution in [0, 0.1) is 0 Å². The van der Waals surface area contributed by atoms with E-state index in [1.54, 1.807) is 32.6 Å². The molecule has 5 heteroatoms. The first-order chi connectivity index (χ1) is 10.6. The van der Waals surface area contributed by atoms with Crippen molar-refractivity contribution in [3.63, 3.8) is 0 Å². The lowest BCUT2D eigenvalue weighted by atomic mass is 10.1. The summed E-state index contributed by atoms with van der Waals surface area (Å²) >= 11 is 0. The molecule has 0 aliphatic carbocycles. The highest BCUT2D eigenvalue weighted by atomic mass is 16.6. The summed E-state index contributed by atoms with van der Waals surface area (Å²) < 4.78 is 5.20. The molecular formula is C18H28N2O3.